The molecule has 0 bridgehead atoms. The Bertz CT molecular complexity index is 639. The Labute approximate surface area is 163 Å². The van der Waals surface area contributed by atoms with Crippen molar-refractivity contribution in [3.8, 4) is 11.5 Å². The molecule has 0 aliphatic carbocycles. The average Bonchev–Trinajstić information content (AvgIpc) is 2.70. The van der Waals surface area contributed by atoms with Crippen molar-refractivity contribution in [3.05, 3.63) is 29.8 Å². The third-order valence-electron chi connectivity index (χ3n) is 4.05. The number of benzene rings is 1. The van der Waals surface area contributed by atoms with Crippen molar-refractivity contribution in [2.24, 2.45) is 15.8 Å². The number of guanidine groups is 1. The van der Waals surface area contributed by atoms with Crippen molar-refractivity contribution in [2.75, 3.05) is 20.8 Å². The number of nitrogens with two attached hydrogens (primary N) is 1. The molecule has 1 aromatic rings. The van der Waals surface area contributed by atoms with E-state index in [1.807, 2.05) is 37.3 Å². The van der Waals surface area contributed by atoms with Crippen LogP contribution in [0.1, 0.15) is 57.9 Å². The van der Waals surface area contributed by atoms with Gasteiger partial charge in [-0.1, -0.05) is 51.2 Å². The number of nitrogens with one attached hydrogen (secondary N) is 1. The highest BCUT2D eigenvalue weighted by molar-refractivity contribution is 5.97. The first kappa shape index (κ1) is 22.5. The van der Waals surface area contributed by atoms with Gasteiger partial charge in [0.25, 0.3) is 0 Å². The lowest BCUT2D eigenvalue weighted by Gasteiger charge is -2.11. The molecule has 3 N–H and O–H groups in total. The highest BCUT2D eigenvalue weighted by Crippen LogP contribution is 2.28. The van der Waals surface area contributed by atoms with Crippen LogP contribution < -0.4 is 20.6 Å². The fourth-order valence-corrected chi connectivity index (χ4v) is 2.42. The number of unbranched alkanes of at least 4 members (excludes halogenated alkanes) is 5. The molecule has 0 aromatic heterocycles. The molecule has 0 unspecified atom stereocenters. The Balaban J connectivity index is 2.54. The molecular formula is C21H34N4O2. The van der Waals surface area contributed by atoms with Gasteiger partial charge in [0.1, 0.15) is 0 Å². The number of ether oxygens (including phenoxy) is 2. The van der Waals surface area contributed by atoms with E-state index in [1.54, 1.807) is 14.2 Å². The summed E-state index contributed by atoms with van der Waals surface area (Å²) in [5, 5.41) is 4.11. The zero-order valence-electron chi connectivity index (χ0n) is 17.1. The monoisotopic (exact) mass is 374 g/mol. The van der Waals surface area contributed by atoms with Gasteiger partial charge >= 0.3 is 0 Å². The minimum Gasteiger partial charge on any atom is -0.493 e. The van der Waals surface area contributed by atoms with Crippen LogP contribution >= 0.6 is 0 Å². The molecule has 0 amide bonds. The van der Waals surface area contributed by atoms with Gasteiger partial charge in [-0.25, -0.2) is 5.43 Å². The van der Waals surface area contributed by atoms with Crippen LogP contribution in [0.15, 0.2) is 34.4 Å². The van der Waals surface area contributed by atoms with Gasteiger partial charge in [-0.2, -0.15) is 5.10 Å². The molecule has 0 heterocycles. The molecule has 27 heavy (non-hydrogen) atoms. The Morgan fingerprint density at radius 2 is 1.89 bits per heavy atom. The molecule has 0 aliphatic rings. The van der Waals surface area contributed by atoms with Crippen LogP contribution in [0, 0.1) is 0 Å². The Hall–Kier alpha value is -2.50. The second kappa shape index (κ2) is 13.7. The van der Waals surface area contributed by atoms with Crippen molar-refractivity contribution < 1.29 is 9.47 Å². The maximum Gasteiger partial charge on any atom is 0.209 e. The van der Waals surface area contributed by atoms with Crippen LogP contribution in [-0.4, -0.2) is 32.4 Å². The predicted octanol–water partition coefficient (Wildman–Crippen LogP) is 4.36. The van der Waals surface area contributed by atoms with Crippen LogP contribution in [0.4, 0.5) is 0 Å². The molecule has 150 valence electrons. The zero-order valence-corrected chi connectivity index (χ0v) is 17.1. The van der Waals surface area contributed by atoms with Crippen molar-refractivity contribution in [1.29, 1.82) is 0 Å². The Morgan fingerprint density at radius 3 is 2.59 bits per heavy atom. The van der Waals surface area contributed by atoms with Crippen molar-refractivity contribution in [3.63, 3.8) is 0 Å². The summed E-state index contributed by atoms with van der Waals surface area (Å²) in [4.78, 5) is 3.78. The van der Waals surface area contributed by atoms with E-state index in [4.69, 9.17) is 15.2 Å². The summed E-state index contributed by atoms with van der Waals surface area (Å²) in [5.74, 6) is 1.79. The predicted molar refractivity (Wildman–Crippen MR) is 115 cm³/mol. The number of hydrogen-bond acceptors (Lipinski definition) is 4. The third kappa shape index (κ3) is 9.68. The molecule has 0 atom stereocenters. The normalized spacial score (nSPS) is 12.4. The summed E-state index contributed by atoms with van der Waals surface area (Å²) in [6.45, 7) is 4.83. The van der Waals surface area contributed by atoms with Crippen molar-refractivity contribution >= 4 is 17.7 Å². The van der Waals surface area contributed by atoms with Crippen LogP contribution in [0.2, 0.25) is 0 Å². The number of hydrogen-bond donors (Lipinski definition) is 2. The second-order valence-electron chi connectivity index (χ2n) is 6.33. The SMILES string of the molecule is CCCCCCCCOc1ccc(C=CC(C)=NNC(N)=NC)cc1OC. The summed E-state index contributed by atoms with van der Waals surface area (Å²) < 4.78 is 11.3. The van der Waals surface area contributed by atoms with Crippen molar-refractivity contribution in [2.45, 2.75) is 52.4 Å². The standard InChI is InChI=1S/C21H34N4O2/c1-5-6-7-8-9-10-15-27-19-14-13-18(16-20(19)26-4)12-11-17(2)24-25-21(22)23-3/h11-14,16H,5-10,15H2,1-4H3,(H3,22,23,25). The minimum atomic E-state index is 0.274. The van der Waals surface area contributed by atoms with E-state index in [9.17, 15) is 0 Å². The summed E-state index contributed by atoms with van der Waals surface area (Å²) in [6.07, 6.45) is 11.3. The zero-order chi connectivity index (χ0) is 19.9. The maximum atomic E-state index is 5.88. The molecule has 0 spiro atoms. The highest BCUT2D eigenvalue weighted by Gasteiger charge is 2.05. The quantitative estimate of drug-likeness (QED) is 0.246. The molecule has 0 fully saturated rings. The van der Waals surface area contributed by atoms with Gasteiger partial charge in [0.2, 0.25) is 5.96 Å². The lowest BCUT2D eigenvalue weighted by Crippen LogP contribution is -2.27. The van der Waals surface area contributed by atoms with E-state index in [0.29, 0.717) is 0 Å². The Morgan fingerprint density at radius 1 is 1.15 bits per heavy atom. The van der Waals surface area contributed by atoms with E-state index < -0.39 is 0 Å². The van der Waals surface area contributed by atoms with Gasteiger partial charge in [-0.05, 0) is 37.1 Å². The van der Waals surface area contributed by atoms with E-state index in [0.717, 1.165) is 35.8 Å². The minimum absolute atomic E-state index is 0.274. The number of methoxy groups -OCH3 is 1. The van der Waals surface area contributed by atoms with Crippen molar-refractivity contribution in [1.82, 2.24) is 5.43 Å². The van der Waals surface area contributed by atoms with E-state index >= 15 is 0 Å². The first-order valence-corrected chi connectivity index (χ1v) is 9.62. The van der Waals surface area contributed by atoms with Gasteiger partial charge < -0.3 is 15.2 Å². The number of aliphatic imine (C=N–C) groups is 1. The van der Waals surface area contributed by atoms with Crippen LogP contribution in [0.25, 0.3) is 6.08 Å². The smallest absolute Gasteiger partial charge is 0.209 e. The summed E-state index contributed by atoms with van der Waals surface area (Å²) in [7, 11) is 3.26. The second-order valence-corrected chi connectivity index (χ2v) is 6.33. The molecule has 0 saturated carbocycles. The molecule has 0 saturated heterocycles. The number of nitrogens with zero attached hydrogens (tertiary/aromatic N) is 2. The van der Waals surface area contributed by atoms with E-state index in [-0.39, 0.29) is 5.96 Å². The molecule has 1 rings (SSSR count). The molecule has 0 radical (unpaired) electrons. The van der Waals surface area contributed by atoms with Gasteiger partial charge in [0.15, 0.2) is 11.5 Å². The molecule has 1 aromatic carbocycles. The molecule has 6 nitrogen and oxygen atoms in total. The summed E-state index contributed by atoms with van der Waals surface area (Å²) in [5.41, 5.74) is 9.99. The van der Waals surface area contributed by atoms with Gasteiger partial charge in [-0.3, -0.25) is 4.99 Å². The van der Waals surface area contributed by atoms with Gasteiger partial charge in [0.05, 0.1) is 19.4 Å². The average molecular weight is 375 g/mol. The lowest BCUT2D eigenvalue weighted by molar-refractivity contribution is 0.284. The third-order valence-corrected chi connectivity index (χ3v) is 4.05. The first-order chi connectivity index (χ1) is 13.1. The maximum absolute atomic E-state index is 5.88. The molecule has 6 heteroatoms. The summed E-state index contributed by atoms with van der Waals surface area (Å²) in [6, 6.07) is 5.90. The fourth-order valence-electron chi connectivity index (χ4n) is 2.42. The van der Waals surface area contributed by atoms with Crippen LogP contribution in [0.3, 0.4) is 0 Å². The first-order valence-electron chi connectivity index (χ1n) is 9.62. The van der Waals surface area contributed by atoms with E-state index in [2.05, 4.69) is 22.4 Å². The van der Waals surface area contributed by atoms with Crippen LogP contribution in [-0.2, 0) is 0 Å². The fraction of sp³-hybridized carbons (Fsp3) is 0.524. The number of allylic oxidation sites excluding steroid dienone is 1. The van der Waals surface area contributed by atoms with Crippen LogP contribution in [0.5, 0.6) is 11.5 Å². The molecular weight excluding hydrogens is 340 g/mol. The van der Waals surface area contributed by atoms with E-state index in [1.165, 1.54) is 32.1 Å². The molecule has 0 aliphatic heterocycles. The summed E-state index contributed by atoms with van der Waals surface area (Å²) >= 11 is 0. The number of rotatable bonds is 12. The van der Waals surface area contributed by atoms with Gasteiger partial charge in [-0.15, -0.1) is 0 Å². The van der Waals surface area contributed by atoms with Gasteiger partial charge in [0, 0.05) is 7.05 Å². The largest absolute Gasteiger partial charge is 0.493 e. The highest BCUT2D eigenvalue weighted by atomic mass is 16.5. The topological polar surface area (TPSA) is 81.2 Å². The Kier molecular flexibility index (Phi) is 11.4. The number of hydrazone groups is 1. The lowest BCUT2D eigenvalue weighted by atomic mass is 10.1.